The van der Waals surface area contributed by atoms with Crippen molar-refractivity contribution in [3.8, 4) is 0 Å². The molecule has 0 aliphatic carbocycles. The predicted octanol–water partition coefficient (Wildman–Crippen LogP) is 4.19. The van der Waals surface area contributed by atoms with E-state index in [1.165, 1.54) is 0 Å². The minimum Gasteiger partial charge on any atom is -0.353 e. The van der Waals surface area contributed by atoms with Crippen LogP contribution in [0.3, 0.4) is 0 Å². The quantitative estimate of drug-likeness (QED) is 0.456. The van der Waals surface area contributed by atoms with E-state index < -0.39 is 10.1 Å². The van der Waals surface area contributed by atoms with Crippen LogP contribution in [0.2, 0.25) is 0 Å². The summed E-state index contributed by atoms with van der Waals surface area (Å²) in [5.41, 5.74) is 1.01. The zero-order chi connectivity index (χ0) is 18.1. The maximum Gasteiger partial charge on any atom is 0.297 e. The number of hydrogen-bond acceptors (Lipinski definition) is 5. The van der Waals surface area contributed by atoms with Crippen LogP contribution in [0.1, 0.15) is 57.4 Å². The van der Waals surface area contributed by atoms with E-state index in [1.807, 2.05) is 6.92 Å². The van der Waals surface area contributed by atoms with Crippen LogP contribution in [0.4, 0.5) is 0 Å². The Bertz CT molecular complexity index is 591. The van der Waals surface area contributed by atoms with Crippen molar-refractivity contribution >= 4 is 10.1 Å². The van der Waals surface area contributed by atoms with Gasteiger partial charge in [-0.05, 0) is 44.7 Å². The molecular weight excluding hydrogens is 340 g/mol. The van der Waals surface area contributed by atoms with Crippen LogP contribution in [0.5, 0.6) is 0 Å². The van der Waals surface area contributed by atoms with E-state index in [9.17, 15) is 8.42 Å². The Morgan fingerprint density at radius 1 is 1.20 bits per heavy atom. The molecule has 1 aromatic rings. The molecule has 0 amide bonds. The minimum absolute atomic E-state index is 0.0276. The molecule has 1 saturated heterocycles. The van der Waals surface area contributed by atoms with Gasteiger partial charge in [-0.15, -0.1) is 0 Å². The number of ether oxygens (including phenoxy) is 2. The van der Waals surface area contributed by atoms with Crippen LogP contribution in [0.15, 0.2) is 29.2 Å². The monoisotopic (exact) mass is 370 g/mol. The Balaban J connectivity index is 1.93. The first-order chi connectivity index (χ1) is 12.0. The lowest BCUT2D eigenvalue weighted by Crippen LogP contribution is -2.31. The maximum atomic E-state index is 12.4. The van der Waals surface area contributed by atoms with Crippen molar-refractivity contribution in [3.63, 3.8) is 0 Å². The average molecular weight is 371 g/mol. The summed E-state index contributed by atoms with van der Waals surface area (Å²) >= 11 is 0. The van der Waals surface area contributed by atoms with Gasteiger partial charge in [-0.3, -0.25) is 4.18 Å². The van der Waals surface area contributed by atoms with Gasteiger partial charge in [0.2, 0.25) is 0 Å². The lowest BCUT2D eigenvalue weighted by atomic mass is 10.1. The van der Waals surface area contributed by atoms with E-state index in [1.54, 1.807) is 24.3 Å². The highest BCUT2D eigenvalue weighted by molar-refractivity contribution is 7.86. The fourth-order valence-electron chi connectivity index (χ4n) is 2.78. The lowest BCUT2D eigenvalue weighted by Gasteiger charge is -2.27. The van der Waals surface area contributed by atoms with E-state index in [-0.39, 0.29) is 23.9 Å². The molecule has 2 atom stereocenters. The summed E-state index contributed by atoms with van der Waals surface area (Å²) in [7, 11) is -3.76. The average Bonchev–Trinajstić information content (AvgIpc) is 2.61. The first kappa shape index (κ1) is 20.4. The number of aryl methyl sites for hydroxylation is 1. The molecule has 1 unspecified atom stereocenters. The third-order valence-corrected chi connectivity index (χ3v) is 5.63. The van der Waals surface area contributed by atoms with Gasteiger partial charge in [-0.25, -0.2) is 0 Å². The van der Waals surface area contributed by atoms with Gasteiger partial charge in [0.25, 0.3) is 10.1 Å². The largest absolute Gasteiger partial charge is 0.353 e. The van der Waals surface area contributed by atoms with E-state index in [0.29, 0.717) is 6.61 Å². The third-order valence-electron chi connectivity index (χ3n) is 4.33. The summed E-state index contributed by atoms with van der Waals surface area (Å²) in [6.45, 7) is 4.78. The van der Waals surface area contributed by atoms with Gasteiger partial charge >= 0.3 is 0 Å². The summed E-state index contributed by atoms with van der Waals surface area (Å²) in [5, 5.41) is 0. The molecule has 0 spiro atoms. The van der Waals surface area contributed by atoms with Crippen molar-refractivity contribution in [3.05, 3.63) is 29.8 Å². The molecule has 25 heavy (non-hydrogen) atoms. The second kappa shape index (κ2) is 10.3. The Morgan fingerprint density at radius 3 is 2.60 bits per heavy atom. The maximum absolute atomic E-state index is 12.4. The fourth-order valence-corrected chi connectivity index (χ4v) is 3.72. The van der Waals surface area contributed by atoms with Crippen LogP contribution < -0.4 is 0 Å². The van der Waals surface area contributed by atoms with Gasteiger partial charge in [0, 0.05) is 6.61 Å². The van der Waals surface area contributed by atoms with E-state index in [2.05, 4.69) is 6.92 Å². The molecule has 1 aliphatic rings. The van der Waals surface area contributed by atoms with Crippen molar-refractivity contribution in [2.75, 3.05) is 13.2 Å². The Kier molecular flexibility index (Phi) is 8.36. The second-order valence-electron chi connectivity index (χ2n) is 6.60. The molecule has 5 nitrogen and oxygen atoms in total. The van der Waals surface area contributed by atoms with Gasteiger partial charge in [0.15, 0.2) is 6.29 Å². The molecule has 1 fully saturated rings. The Hall–Kier alpha value is -0.950. The van der Waals surface area contributed by atoms with Crippen LogP contribution >= 0.6 is 0 Å². The van der Waals surface area contributed by atoms with Crippen molar-refractivity contribution in [2.45, 2.75) is 76.1 Å². The molecule has 1 heterocycles. The summed E-state index contributed by atoms with van der Waals surface area (Å²) < 4.78 is 41.6. The smallest absolute Gasteiger partial charge is 0.297 e. The molecule has 2 rings (SSSR count). The summed E-state index contributed by atoms with van der Waals surface area (Å²) in [6.07, 6.45) is 6.44. The number of benzene rings is 1. The highest BCUT2D eigenvalue weighted by Gasteiger charge is 2.23. The van der Waals surface area contributed by atoms with Crippen molar-refractivity contribution in [2.24, 2.45) is 0 Å². The van der Waals surface area contributed by atoms with Gasteiger partial charge in [-0.1, -0.05) is 43.9 Å². The van der Waals surface area contributed by atoms with Crippen LogP contribution in [-0.2, 0) is 23.8 Å². The fraction of sp³-hybridized carbons (Fsp3) is 0.684. The molecule has 1 aliphatic heterocycles. The van der Waals surface area contributed by atoms with Gasteiger partial charge in [0.1, 0.15) is 0 Å². The Morgan fingerprint density at radius 2 is 1.96 bits per heavy atom. The van der Waals surface area contributed by atoms with E-state index in [0.717, 1.165) is 50.5 Å². The molecule has 6 heteroatoms. The van der Waals surface area contributed by atoms with E-state index >= 15 is 0 Å². The first-order valence-corrected chi connectivity index (χ1v) is 10.7. The molecular formula is C19H30O5S. The molecule has 0 aromatic heterocycles. The highest BCUT2D eigenvalue weighted by atomic mass is 32.2. The SMILES string of the molecule is CCCCC[C@@H](COS(=O)(=O)c1ccc(C)cc1)OC1CCCCO1. The second-order valence-corrected chi connectivity index (χ2v) is 8.22. The van der Waals surface area contributed by atoms with Gasteiger partial charge in [-0.2, -0.15) is 8.42 Å². The van der Waals surface area contributed by atoms with Crippen LogP contribution in [0.25, 0.3) is 0 Å². The van der Waals surface area contributed by atoms with E-state index in [4.69, 9.17) is 13.7 Å². The lowest BCUT2D eigenvalue weighted by molar-refractivity contribution is -0.194. The minimum atomic E-state index is -3.76. The molecule has 0 bridgehead atoms. The highest BCUT2D eigenvalue weighted by Crippen LogP contribution is 2.20. The first-order valence-electron chi connectivity index (χ1n) is 9.24. The topological polar surface area (TPSA) is 61.8 Å². The zero-order valence-electron chi connectivity index (χ0n) is 15.3. The van der Waals surface area contributed by atoms with Crippen molar-refractivity contribution < 1.29 is 22.1 Å². The number of rotatable bonds is 10. The van der Waals surface area contributed by atoms with Crippen molar-refractivity contribution in [1.29, 1.82) is 0 Å². The molecule has 0 N–H and O–H groups in total. The third kappa shape index (κ3) is 7.05. The van der Waals surface area contributed by atoms with Gasteiger partial charge < -0.3 is 9.47 Å². The Labute approximate surface area is 151 Å². The molecule has 0 radical (unpaired) electrons. The standard InChI is InChI=1S/C19H30O5S/c1-3-4-5-8-17(24-19-9-6-7-14-22-19)15-23-25(20,21)18-12-10-16(2)11-13-18/h10-13,17,19H,3-9,14-15H2,1-2H3/t17-,19?/m0/s1. The number of hydrogen-bond donors (Lipinski definition) is 0. The number of unbranched alkanes of at least 4 members (excludes halogenated alkanes) is 2. The summed E-state index contributed by atoms with van der Waals surface area (Å²) in [5.74, 6) is 0. The summed E-state index contributed by atoms with van der Waals surface area (Å²) in [6, 6.07) is 6.67. The summed E-state index contributed by atoms with van der Waals surface area (Å²) in [4.78, 5) is 0.180. The molecule has 142 valence electrons. The van der Waals surface area contributed by atoms with Gasteiger partial charge in [0.05, 0.1) is 17.6 Å². The zero-order valence-corrected chi connectivity index (χ0v) is 16.1. The predicted molar refractivity (Wildman–Crippen MR) is 96.9 cm³/mol. The van der Waals surface area contributed by atoms with Crippen LogP contribution in [0, 0.1) is 6.92 Å². The molecule has 1 aromatic carbocycles. The van der Waals surface area contributed by atoms with Crippen molar-refractivity contribution in [1.82, 2.24) is 0 Å². The molecule has 0 saturated carbocycles. The normalized spacial score (nSPS) is 19.7. The van der Waals surface area contributed by atoms with Crippen LogP contribution in [-0.4, -0.2) is 34.0 Å².